The summed E-state index contributed by atoms with van der Waals surface area (Å²) in [6.07, 6.45) is 3.91. The van der Waals surface area contributed by atoms with Gasteiger partial charge in [-0.15, -0.1) is 0 Å². The molecule has 1 aliphatic heterocycles. The van der Waals surface area contributed by atoms with Crippen molar-refractivity contribution < 1.29 is 9.59 Å². The highest BCUT2D eigenvalue weighted by atomic mass is 35.5. The lowest BCUT2D eigenvalue weighted by atomic mass is 9.98. The van der Waals surface area contributed by atoms with Gasteiger partial charge in [-0.3, -0.25) is 19.5 Å². The SMILES string of the molecule is NC(=O)c1cc(C2CCCCN2C(=O)c2c[nH]c(=O)c(Cl)c2)[nH]n1. The number of rotatable bonds is 3. The van der Waals surface area contributed by atoms with Crippen molar-refractivity contribution in [2.75, 3.05) is 6.54 Å². The molecule has 1 atom stereocenters. The Hall–Kier alpha value is -2.61. The summed E-state index contributed by atoms with van der Waals surface area (Å²) in [5.41, 5.74) is 5.88. The van der Waals surface area contributed by atoms with Crippen LogP contribution in [0.5, 0.6) is 0 Å². The molecular weight excluding hydrogens is 334 g/mol. The fourth-order valence-corrected chi connectivity index (χ4v) is 3.05. The third kappa shape index (κ3) is 3.05. The molecule has 1 unspecified atom stereocenters. The van der Waals surface area contributed by atoms with Gasteiger partial charge in [0, 0.05) is 12.7 Å². The fraction of sp³-hybridized carbons (Fsp3) is 0.333. The number of nitrogens with one attached hydrogen (secondary N) is 2. The molecule has 8 nitrogen and oxygen atoms in total. The molecule has 0 bridgehead atoms. The van der Waals surface area contributed by atoms with Crippen LogP contribution in [0.25, 0.3) is 0 Å². The van der Waals surface area contributed by atoms with Crippen LogP contribution in [0.3, 0.4) is 0 Å². The number of aromatic nitrogens is 3. The molecule has 9 heteroatoms. The van der Waals surface area contributed by atoms with E-state index in [2.05, 4.69) is 15.2 Å². The molecule has 0 spiro atoms. The van der Waals surface area contributed by atoms with Crippen molar-refractivity contribution in [2.45, 2.75) is 25.3 Å². The van der Waals surface area contributed by atoms with E-state index in [1.165, 1.54) is 12.3 Å². The summed E-state index contributed by atoms with van der Waals surface area (Å²) in [4.78, 5) is 39.5. The molecule has 0 radical (unpaired) electrons. The Morgan fingerprint density at radius 2 is 2.12 bits per heavy atom. The van der Waals surface area contributed by atoms with Gasteiger partial charge in [0.25, 0.3) is 17.4 Å². The number of nitrogens with two attached hydrogens (primary N) is 1. The monoisotopic (exact) mass is 349 g/mol. The number of halogens is 1. The van der Waals surface area contributed by atoms with Gasteiger partial charge < -0.3 is 15.6 Å². The lowest BCUT2D eigenvalue weighted by Crippen LogP contribution is -2.39. The third-order valence-corrected chi connectivity index (χ3v) is 4.36. The quantitative estimate of drug-likeness (QED) is 0.770. The third-order valence-electron chi connectivity index (χ3n) is 4.08. The number of primary amides is 1. The van der Waals surface area contributed by atoms with Gasteiger partial charge in [0.2, 0.25) is 0 Å². The maximum Gasteiger partial charge on any atom is 0.269 e. The van der Waals surface area contributed by atoms with Gasteiger partial charge in [0.05, 0.1) is 17.3 Å². The maximum absolute atomic E-state index is 12.8. The van der Waals surface area contributed by atoms with Gasteiger partial charge in [0.15, 0.2) is 0 Å². The standard InChI is InChI=1S/C15H16ClN5O3/c16-9-5-8(7-18-14(9)23)15(24)21-4-2-1-3-12(21)10-6-11(13(17)22)20-19-10/h5-7,12H,1-4H2,(H2,17,22)(H,18,23)(H,19,20). The smallest absolute Gasteiger partial charge is 0.269 e. The van der Waals surface area contributed by atoms with E-state index in [4.69, 9.17) is 17.3 Å². The average molecular weight is 350 g/mol. The summed E-state index contributed by atoms with van der Waals surface area (Å²) in [6.45, 7) is 0.561. The molecule has 3 rings (SSSR count). The van der Waals surface area contributed by atoms with Gasteiger partial charge in [0.1, 0.15) is 10.7 Å². The summed E-state index contributed by atoms with van der Waals surface area (Å²) in [5.74, 6) is -0.869. The molecule has 126 valence electrons. The average Bonchev–Trinajstić information content (AvgIpc) is 3.07. The minimum Gasteiger partial charge on any atom is -0.364 e. The lowest BCUT2D eigenvalue weighted by molar-refractivity contribution is 0.0605. The predicted octanol–water partition coefficient (Wildman–Crippen LogP) is 1.22. The summed E-state index contributed by atoms with van der Waals surface area (Å²) in [5, 5.41) is 6.63. The van der Waals surface area contributed by atoms with E-state index in [0.29, 0.717) is 17.8 Å². The highest BCUT2D eigenvalue weighted by Gasteiger charge is 2.30. The summed E-state index contributed by atoms with van der Waals surface area (Å²) in [6, 6.07) is 2.69. The normalized spacial score (nSPS) is 17.7. The molecule has 2 aromatic heterocycles. The van der Waals surface area contributed by atoms with E-state index in [1.54, 1.807) is 11.0 Å². The first-order chi connectivity index (χ1) is 11.5. The van der Waals surface area contributed by atoms with Crippen molar-refractivity contribution in [1.82, 2.24) is 20.1 Å². The number of piperidine rings is 1. The minimum atomic E-state index is -0.626. The van der Waals surface area contributed by atoms with E-state index in [1.807, 2.05) is 0 Å². The van der Waals surface area contributed by atoms with Gasteiger partial charge in [-0.05, 0) is 31.4 Å². The van der Waals surface area contributed by atoms with Crippen molar-refractivity contribution in [1.29, 1.82) is 0 Å². The van der Waals surface area contributed by atoms with Gasteiger partial charge in [-0.1, -0.05) is 11.6 Å². The zero-order valence-electron chi connectivity index (χ0n) is 12.7. The Balaban J connectivity index is 1.90. The number of hydrogen-bond donors (Lipinski definition) is 3. The summed E-state index contributed by atoms with van der Waals surface area (Å²) >= 11 is 5.81. The summed E-state index contributed by atoms with van der Waals surface area (Å²) in [7, 11) is 0. The molecule has 24 heavy (non-hydrogen) atoms. The van der Waals surface area contributed by atoms with E-state index in [-0.39, 0.29) is 22.7 Å². The molecule has 0 aliphatic carbocycles. The molecule has 2 aromatic rings. The van der Waals surface area contributed by atoms with Crippen LogP contribution in [0.2, 0.25) is 5.02 Å². The van der Waals surface area contributed by atoms with Gasteiger partial charge >= 0.3 is 0 Å². The molecule has 1 fully saturated rings. The molecule has 0 saturated carbocycles. The van der Waals surface area contributed by atoms with Crippen molar-refractivity contribution >= 4 is 23.4 Å². The number of H-pyrrole nitrogens is 2. The number of pyridine rings is 1. The van der Waals surface area contributed by atoms with Crippen LogP contribution in [0.4, 0.5) is 0 Å². The van der Waals surface area contributed by atoms with Crippen LogP contribution in [0, 0.1) is 0 Å². The number of carbonyl (C=O) groups excluding carboxylic acids is 2. The molecule has 4 N–H and O–H groups in total. The second-order valence-electron chi connectivity index (χ2n) is 5.65. The van der Waals surface area contributed by atoms with Crippen LogP contribution < -0.4 is 11.3 Å². The van der Waals surface area contributed by atoms with E-state index < -0.39 is 11.5 Å². The van der Waals surface area contributed by atoms with Gasteiger partial charge in [-0.2, -0.15) is 5.10 Å². The Morgan fingerprint density at radius 1 is 1.33 bits per heavy atom. The fourth-order valence-electron chi connectivity index (χ4n) is 2.88. The molecular formula is C15H16ClN5O3. The minimum absolute atomic E-state index is 0.0352. The topological polar surface area (TPSA) is 125 Å². The van der Waals surface area contributed by atoms with Crippen LogP contribution in [0.15, 0.2) is 23.1 Å². The molecule has 3 heterocycles. The van der Waals surface area contributed by atoms with Crippen LogP contribution in [0.1, 0.15) is 51.8 Å². The zero-order chi connectivity index (χ0) is 17.3. The first-order valence-corrected chi connectivity index (χ1v) is 7.89. The first kappa shape index (κ1) is 16.3. The largest absolute Gasteiger partial charge is 0.364 e. The second kappa shape index (κ2) is 6.48. The molecule has 0 aromatic carbocycles. The van der Waals surface area contributed by atoms with E-state index in [0.717, 1.165) is 19.3 Å². The number of hydrogen-bond acceptors (Lipinski definition) is 4. The summed E-state index contributed by atoms with van der Waals surface area (Å²) < 4.78 is 0. The highest BCUT2D eigenvalue weighted by molar-refractivity contribution is 6.30. The number of nitrogens with zero attached hydrogens (tertiary/aromatic N) is 2. The Morgan fingerprint density at radius 3 is 2.79 bits per heavy atom. The Kier molecular flexibility index (Phi) is 4.39. The van der Waals surface area contributed by atoms with Crippen molar-refractivity contribution in [3.05, 3.63) is 50.7 Å². The van der Waals surface area contributed by atoms with Crippen LogP contribution >= 0.6 is 11.6 Å². The molecule has 1 saturated heterocycles. The van der Waals surface area contributed by atoms with Crippen LogP contribution in [-0.2, 0) is 0 Å². The van der Waals surface area contributed by atoms with Crippen LogP contribution in [-0.4, -0.2) is 38.4 Å². The Labute approximate surface area is 142 Å². The zero-order valence-corrected chi connectivity index (χ0v) is 13.5. The van der Waals surface area contributed by atoms with Crippen molar-refractivity contribution in [3.63, 3.8) is 0 Å². The number of aromatic amines is 2. The molecule has 1 aliphatic rings. The predicted molar refractivity (Wildman–Crippen MR) is 86.8 cm³/mol. The van der Waals surface area contributed by atoms with E-state index in [9.17, 15) is 14.4 Å². The number of amides is 2. The maximum atomic E-state index is 12.8. The van der Waals surface area contributed by atoms with E-state index >= 15 is 0 Å². The number of carbonyl (C=O) groups is 2. The van der Waals surface area contributed by atoms with Gasteiger partial charge in [-0.25, -0.2) is 0 Å². The lowest BCUT2D eigenvalue weighted by Gasteiger charge is -2.35. The Bertz CT molecular complexity index is 844. The highest BCUT2D eigenvalue weighted by Crippen LogP contribution is 2.31. The second-order valence-corrected chi connectivity index (χ2v) is 6.06. The molecule has 2 amide bonds. The first-order valence-electron chi connectivity index (χ1n) is 7.51. The van der Waals surface area contributed by atoms with Crippen molar-refractivity contribution in [2.24, 2.45) is 5.73 Å². The van der Waals surface area contributed by atoms with Crippen molar-refractivity contribution in [3.8, 4) is 0 Å². The number of likely N-dealkylation sites (tertiary alicyclic amines) is 1.